The minimum Gasteiger partial charge on any atom is -0.288 e. The molecular weight excluding hydrogens is 415 g/mol. The minimum atomic E-state index is -0.298. The molecule has 0 N–H and O–H groups in total. The van der Waals surface area contributed by atoms with Crippen molar-refractivity contribution in [2.75, 3.05) is 0 Å². The van der Waals surface area contributed by atoms with E-state index in [9.17, 15) is 9.18 Å². The smallest absolute Gasteiger partial charge is 0.261 e. The Hall–Kier alpha value is -3.09. The number of fused-ring (bicyclic) bond motifs is 3. The molecule has 6 heteroatoms. The fourth-order valence-corrected chi connectivity index (χ4v) is 5.23. The van der Waals surface area contributed by atoms with Crippen LogP contribution in [0.2, 0.25) is 0 Å². The Morgan fingerprint density at radius 3 is 2.53 bits per heavy atom. The van der Waals surface area contributed by atoms with Crippen LogP contribution in [-0.2, 0) is 6.54 Å². The van der Waals surface area contributed by atoms with E-state index in [2.05, 4.69) is 6.07 Å². The highest BCUT2D eigenvalue weighted by molar-refractivity contribution is 7.73. The third-order valence-corrected chi connectivity index (χ3v) is 6.61. The summed E-state index contributed by atoms with van der Waals surface area (Å²) in [5.74, 6) is -0.298. The number of nitrogens with zero attached hydrogens (tertiary/aromatic N) is 2. The van der Waals surface area contributed by atoms with Gasteiger partial charge in [-0.05, 0) is 54.5 Å². The molecule has 30 heavy (non-hydrogen) atoms. The van der Waals surface area contributed by atoms with E-state index in [0.717, 1.165) is 32.7 Å². The van der Waals surface area contributed by atoms with Crippen molar-refractivity contribution < 1.29 is 4.39 Å². The molecule has 3 nitrogen and oxygen atoms in total. The van der Waals surface area contributed by atoms with Crippen molar-refractivity contribution in [1.82, 2.24) is 8.97 Å². The molecule has 2 heterocycles. The zero-order valence-corrected chi connectivity index (χ0v) is 17.8. The first-order valence-electron chi connectivity index (χ1n) is 9.51. The fourth-order valence-electron chi connectivity index (χ4n) is 3.81. The number of thiazole rings is 1. The average molecular weight is 433 g/mol. The zero-order chi connectivity index (χ0) is 20.8. The summed E-state index contributed by atoms with van der Waals surface area (Å²) in [5.41, 5.74) is 4.49. The van der Waals surface area contributed by atoms with Gasteiger partial charge in [-0.3, -0.25) is 13.8 Å². The fraction of sp³-hybridized carbons (Fsp3) is 0.0833. The zero-order valence-electron chi connectivity index (χ0n) is 16.1. The predicted molar refractivity (Wildman–Crippen MR) is 124 cm³/mol. The number of aromatic nitrogens is 2. The van der Waals surface area contributed by atoms with Crippen LogP contribution >= 0.6 is 23.6 Å². The Kier molecular flexibility index (Phi) is 4.60. The van der Waals surface area contributed by atoms with Gasteiger partial charge in [-0.2, -0.15) is 0 Å². The van der Waals surface area contributed by atoms with Crippen LogP contribution in [0.5, 0.6) is 0 Å². The number of rotatable bonds is 3. The Morgan fingerprint density at radius 2 is 1.77 bits per heavy atom. The van der Waals surface area contributed by atoms with Gasteiger partial charge in [0.15, 0.2) is 3.95 Å². The van der Waals surface area contributed by atoms with Crippen LogP contribution < -0.4 is 5.56 Å². The SMILES string of the molecule is Cc1cccc(-c2sc(=S)n3c4ccccc4c(=O)n(Cc4ccc(F)cc4)c23)c1. The molecule has 0 fully saturated rings. The number of halogens is 1. The maximum atomic E-state index is 13.5. The Bertz CT molecular complexity index is 1530. The van der Waals surface area contributed by atoms with E-state index in [4.69, 9.17) is 12.2 Å². The summed E-state index contributed by atoms with van der Waals surface area (Å²) in [6.45, 7) is 2.37. The van der Waals surface area contributed by atoms with E-state index < -0.39 is 0 Å². The molecule has 0 aliphatic heterocycles. The lowest BCUT2D eigenvalue weighted by Gasteiger charge is -2.13. The highest BCUT2D eigenvalue weighted by Crippen LogP contribution is 2.33. The van der Waals surface area contributed by atoms with Crippen LogP contribution in [0.3, 0.4) is 0 Å². The summed E-state index contributed by atoms with van der Waals surface area (Å²) in [4.78, 5) is 14.5. The quantitative estimate of drug-likeness (QED) is 0.317. The summed E-state index contributed by atoms with van der Waals surface area (Å²) in [7, 11) is 0. The van der Waals surface area contributed by atoms with Crippen molar-refractivity contribution >= 4 is 40.1 Å². The highest BCUT2D eigenvalue weighted by atomic mass is 32.1. The molecule has 148 valence electrons. The van der Waals surface area contributed by atoms with Crippen molar-refractivity contribution in [2.24, 2.45) is 0 Å². The maximum absolute atomic E-state index is 13.5. The van der Waals surface area contributed by atoms with Crippen LogP contribution in [0.15, 0.2) is 77.6 Å². The normalized spacial score (nSPS) is 11.4. The van der Waals surface area contributed by atoms with Gasteiger partial charge < -0.3 is 0 Å². The van der Waals surface area contributed by atoms with E-state index in [1.807, 2.05) is 53.8 Å². The van der Waals surface area contributed by atoms with Crippen molar-refractivity contribution in [3.05, 3.63) is 104 Å². The molecule has 0 amide bonds. The molecule has 0 aliphatic carbocycles. The van der Waals surface area contributed by atoms with E-state index in [-0.39, 0.29) is 11.4 Å². The molecule has 0 aliphatic rings. The van der Waals surface area contributed by atoms with Gasteiger partial charge >= 0.3 is 0 Å². The molecule has 0 saturated carbocycles. The molecule has 0 atom stereocenters. The third kappa shape index (κ3) is 3.09. The van der Waals surface area contributed by atoms with E-state index in [1.165, 1.54) is 23.5 Å². The molecule has 0 radical (unpaired) electrons. The van der Waals surface area contributed by atoms with Crippen molar-refractivity contribution in [3.63, 3.8) is 0 Å². The van der Waals surface area contributed by atoms with Crippen molar-refractivity contribution in [1.29, 1.82) is 0 Å². The summed E-state index contributed by atoms with van der Waals surface area (Å²) in [6.07, 6.45) is 0. The van der Waals surface area contributed by atoms with Gasteiger partial charge in [0.1, 0.15) is 11.5 Å². The lowest BCUT2D eigenvalue weighted by molar-refractivity contribution is 0.626. The minimum absolute atomic E-state index is 0.0865. The summed E-state index contributed by atoms with van der Waals surface area (Å²) in [6, 6.07) is 22.0. The summed E-state index contributed by atoms with van der Waals surface area (Å²) < 4.78 is 17.8. The van der Waals surface area contributed by atoms with Gasteiger partial charge in [-0.15, -0.1) is 11.3 Å². The molecule has 5 rings (SSSR count). The Balaban J connectivity index is 1.90. The van der Waals surface area contributed by atoms with Crippen LogP contribution in [0, 0.1) is 16.7 Å². The second-order valence-corrected chi connectivity index (χ2v) is 8.90. The Labute approximate surface area is 181 Å². The maximum Gasteiger partial charge on any atom is 0.261 e. The number of hydrogen-bond donors (Lipinski definition) is 0. The van der Waals surface area contributed by atoms with Crippen molar-refractivity contribution in [2.45, 2.75) is 13.5 Å². The largest absolute Gasteiger partial charge is 0.288 e. The average Bonchev–Trinajstić information content (AvgIpc) is 3.10. The first-order valence-corrected chi connectivity index (χ1v) is 10.7. The van der Waals surface area contributed by atoms with E-state index in [1.54, 1.807) is 16.7 Å². The topological polar surface area (TPSA) is 26.4 Å². The van der Waals surface area contributed by atoms with Crippen molar-refractivity contribution in [3.8, 4) is 10.4 Å². The van der Waals surface area contributed by atoms with Gasteiger partial charge in [-0.1, -0.05) is 54.1 Å². The second kappa shape index (κ2) is 7.31. The monoisotopic (exact) mass is 432 g/mol. The van der Waals surface area contributed by atoms with Gasteiger partial charge in [0.05, 0.1) is 22.3 Å². The van der Waals surface area contributed by atoms with Gasteiger partial charge in [-0.25, -0.2) is 4.39 Å². The molecule has 2 aromatic heterocycles. The van der Waals surface area contributed by atoms with Gasteiger partial charge in [0, 0.05) is 0 Å². The van der Waals surface area contributed by atoms with Crippen LogP contribution in [0.25, 0.3) is 27.0 Å². The van der Waals surface area contributed by atoms with Crippen LogP contribution in [0.1, 0.15) is 11.1 Å². The molecule has 3 aromatic carbocycles. The van der Waals surface area contributed by atoms with E-state index >= 15 is 0 Å². The summed E-state index contributed by atoms with van der Waals surface area (Å²) >= 11 is 7.23. The Morgan fingerprint density at radius 1 is 1.00 bits per heavy atom. The first kappa shape index (κ1) is 18.9. The molecule has 5 aromatic rings. The highest BCUT2D eigenvalue weighted by Gasteiger charge is 2.18. The molecule has 0 saturated heterocycles. The third-order valence-electron chi connectivity index (χ3n) is 5.20. The lowest BCUT2D eigenvalue weighted by Crippen LogP contribution is -2.23. The van der Waals surface area contributed by atoms with E-state index in [0.29, 0.717) is 15.9 Å². The first-order chi connectivity index (χ1) is 14.5. The number of benzene rings is 3. The predicted octanol–water partition coefficient (Wildman–Crippen LogP) is 6.21. The van der Waals surface area contributed by atoms with Gasteiger partial charge in [0.25, 0.3) is 5.56 Å². The van der Waals surface area contributed by atoms with Crippen LogP contribution in [0.4, 0.5) is 4.39 Å². The summed E-state index contributed by atoms with van der Waals surface area (Å²) in [5, 5.41) is 0.608. The number of para-hydroxylation sites is 1. The lowest BCUT2D eigenvalue weighted by atomic mass is 10.1. The van der Waals surface area contributed by atoms with Gasteiger partial charge in [0.2, 0.25) is 0 Å². The molecule has 0 unspecified atom stereocenters. The molecule has 0 spiro atoms. The molecular formula is C24H17FN2OS2. The van der Waals surface area contributed by atoms with Crippen LogP contribution in [-0.4, -0.2) is 8.97 Å². The number of hydrogen-bond acceptors (Lipinski definition) is 3. The second-order valence-electron chi connectivity index (χ2n) is 7.26. The molecule has 0 bridgehead atoms. The number of aryl methyl sites for hydroxylation is 1. The standard InChI is InChI=1S/C24H17FN2OS2/c1-15-5-4-6-17(13-15)21-22-26(14-16-9-11-18(25)12-10-16)23(28)19-7-2-3-8-20(19)27(22)24(29)30-21/h2-13H,14H2,1H3.